The Balaban J connectivity index is 1.67. The van der Waals surface area contributed by atoms with E-state index in [0.29, 0.717) is 12.5 Å². The second kappa shape index (κ2) is 5.84. The predicted molar refractivity (Wildman–Crippen MR) is 80.9 cm³/mol. The van der Waals surface area contributed by atoms with Crippen molar-refractivity contribution in [2.75, 3.05) is 0 Å². The molecule has 0 bridgehead atoms. The monoisotopic (exact) mass is 282 g/mol. The molecule has 0 aliphatic carbocycles. The van der Waals surface area contributed by atoms with E-state index in [-0.39, 0.29) is 0 Å². The highest BCUT2D eigenvalue weighted by atomic mass is 32.1. The lowest BCUT2D eigenvalue weighted by Gasteiger charge is -2.02. The van der Waals surface area contributed by atoms with E-state index in [0.717, 1.165) is 21.8 Å². The molecule has 0 aliphatic heterocycles. The van der Waals surface area contributed by atoms with Gasteiger partial charge in [0.25, 0.3) is 0 Å². The summed E-state index contributed by atoms with van der Waals surface area (Å²) in [7, 11) is 0. The van der Waals surface area contributed by atoms with Crippen molar-refractivity contribution in [3.63, 3.8) is 0 Å². The van der Waals surface area contributed by atoms with Crippen LogP contribution >= 0.6 is 11.3 Å². The molecule has 2 heterocycles. The van der Waals surface area contributed by atoms with Gasteiger partial charge < -0.3 is 4.74 Å². The quantitative estimate of drug-likeness (QED) is 0.723. The summed E-state index contributed by atoms with van der Waals surface area (Å²) in [6.07, 6.45) is 1.80. The Morgan fingerprint density at radius 1 is 1.10 bits per heavy atom. The number of hydrogen-bond acceptors (Lipinski definition) is 4. The standard InChI is InChI=1S/C16H14N2OS/c1-12-7-8-15(17-9-12)19-10-14-11-20-16(18-14)13-5-3-2-4-6-13/h2-9,11H,10H2,1H3. The van der Waals surface area contributed by atoms with Crippen molar-refractivity contribution in [2.24, 2.45) is 0 Å². The Hall–Kier alpha value is -2.20. The van der Waals surface area contributed by atoms with Crippen LogP contribution in [0.5, 0.6) is 5.88 Å². The second-order valence-electron chi connectivity index (χ2n) is 4.47. The van der Waals surface area contributed by atoms with Crippen molar-refractivity contribution < 1.29 is 4.74 Å². The molecule has 0 saturated carbocycles. The molecule has 100 valence electrons. The summed E-state index contributed by atoms with van der Waals surface area (Å²) in [5, 5.41) is 3.04. The number of hydrogen-bond donors (Lipinski definition) is 0. The maximum atomic E-state index is 5.63. The van der Waals surface area contributed by atoms with Crippen LogP contribution in [0.15, 0.2) is 54.0 Å². The minimum Gasteiger partial charge on any atom is -0.471 e. The van der Waals surface area contributed by atoms with Crippen LogP contribution in [-0.4, -0.2) is 9.97 Å². The first-order chi connectivity index (χ1) is 9.81. The molecule has 0 fully saturated rings. The summed E-state index contributed by atoms with van der Waals surface area (Å²) >= 11 is 1.63. The molecule has 0 atom stereocenters. The van der Waals surface area contributed by atoms with E-state index in [9.17, 15) is 0 Å². The third-order valence-corrected chi connectivity index (χ3v) is 3.76. The van der Waals surface area contributed by atoms with E-state index in [1.54, 1.807) is 17.5 Å². The van der Waals surface area contributed by atoms with Gasteiger partial charge in [-0.3, -0.25) is 0 Å². The Labute approximate surface area is 121 Å². The summed E-state index contributed by atoms with van der Waals surface area (Å²) in [5.74, 6) is 0.630. The highest BCUT2D eigenvalue weighted by molar-refractivity contribution is 7.13. The molecule has 0 amide bonds. The third kappa shape index (κ3) is 3.03. The minimum atomic E-state index is 0.444. The molecule has 20 heavy (non-hydrogen) atoms. The van der Waals surface area contributed by atoms with Crippen LogP contribution in [0.1, 0.15) is 11.3 Å². The Kier molecular flexibility index (Phi) is 3.74. The van der Waals surface area contributed by atoms with E-state index in [1.165, 1.54) is 0 Å². The van der Waals surface area contributed by atoms with Gasteiger partial charge >= 0.3 is 0 Å². The molecule has 0 spiro atoms. The van der Waals surface area contributed by atoms with Crippen molar-refractivity contribution in [1.82, 2.24) is 9.97 Å². The van der Waals surface area contributed by atoms with Crippen molar-refractivity contribution in [1.29, 1.82) is 0 Å². The molecular formula is C16H14N2OS. The SMILES string of the molecule is Cc1ccc(OCc2csc(-c3ccccc3)n2)nc1. The molecule has 0 radical (unpaired) electrons. The maximum absolute atomic E-state index is 5.63. The number of aryl methyl sites for hydroxylation is 1. The molecule has 3 aromatic rings. The van der Waals surface area contributed by atoms with E-state index in [1.807, 2.05) is 42.6 Å². The highest BCUT2D eigenvalue weighted by Gasteiger charge is 2.05. The normalized spacial score (nSPS) is 10.4. The molecule has 0 unspecified atom stereocenters. The van der Waals surface area contributed by atoms with Crippen molar-refractivity contribution >= 4 is 11.3 Å². The van der Waals surface area contributed by atoms with Crippen LogP contribution < -0.4 is 4.74 Å². The Morgan fingerprint density at radius 2 is 1.95 bits per heavy atom. The smallest absolute Gasteiger partial charge is 0.213 e. The molecule has 0 saturated heterocycles. The first-order valence-electron chi connectivity index (χ1n) is 6.36. The van der Waals surface area contributed by atoms with Gasteiger partial charge in [0.05, 0.1) is 5.69 Å². The lowest BCUT2D eigenvalue weighted by Crippen LogP contribution is -1.97. The van der Waals surface area contributed by atoms with Gasteiger partial charge in [-0.25, -0.2) is 9.97 Å². The number of aromatic nitrogens is 2. The zero-order chi connectivity index (χ0) is 13.8. The van der Waals surface area contributed by atoms with Crippen LogP contribution in [0, 0.1) is 6.92 Å². The van der Waals surface area contributed by atoms with Gasteiger partial charge in [-0.2, -0.15) is 0 Å². The van der Waals surface area contributed by atoms with Gasteiger partial charge in [-0.1, -0.05) is 36.4 Å². The van der Waals surface area contributed by atoms with E-state index < -0.39 is 0 Å². The average molecular weight is 282 g/mol. The minimum absolute atomic E-state index is 0.444. The molecule has 3 nitrogen and oxygen atoms in total. The predicted octanol–water partition coefficient (Wildman–Crippen LogP) is 4.09. The van der Waals surface area contributed by atoms with E-state index in [2.05, 4.69) is 22.1 Å². The fraction of sp³-hybridized carbons (Fsp3) is 0.125. The summed E-state index contributed by atoms with van der Waals surface area (Å²) in [4.78, 5) is 8.79. The largest absolute Gasteiger partial charge is 0.471 e. The number of pyridine rings is 1. The van der Waals surface area contributed by atoms with Crippen molar-refractivity contribution in [3.05, 3.63) is 65.3 Å². The Bertz CT molecular complexity index is 677. The van der Waals surface area contributed by atoms with Gasteiger partial charge in [0.1, 0.15) is 11.6 Å². The average Bonchev–Trinajstić information content (AvgIpc) is 2.97. The Morgan fingerprint density at radius 3 is 2.70 bits per heavy atom. The van der Waals surface area contributed by atoms with Crippen LogP contribution in [0.2, 0.25) is 0 Å². The second-order valence-corrected chi connectivity index (χ2v) is 5.33. The van der Waals surface area contributed by atoms with Gasteiger partial charge in [0, 0.05) is 23.2 Å². The summed E-state index contributed by atoms with van der Waals surface area (Å²) in [5.41, 5.74) is 3.19. The van der Waals surface area contributed by atoms with Gasteiger partial charge in [0.2, 0.25) is 5.88 Å². The first-order valence-corrected chi connectivity index (χ1v) is 7.24. The van der Waals surface area contributed by atoms with Crippen molar-refractivity contribution in [2.45, 2.75) is 13.5 Å². The highest BCUT2D eigenvalue weighted by Crippen LogP contribution is 2.23. The maximum Gasteiger partial charge on any atom is 0.213 e. The molecule has 4 heteroatoms. The summed E-state index contributed by atoms with van der Waals surface area (Å²) in [6, 6.07) is 14.0. The van der Waals surface area contributed by atoms with Gasteiger partial charge in [-0.05, 0) is 12.5 Å². The fourth-order valence-corrected chi connectivity index (χ4v) is 2.58. The fourth-order valence-electron chi connectivity index (χ4n) is 1.77. The van der Waals surface area contributed by atoms with Crippen molar-refractivity contribution in [3.8, 4) is 16.5 Å². The molecular weight excluding hydrogens is 268 g/mol. The molecule has 0 aliphatic rings. The summed E-state index contributed by atoms with van der Waals surface area (Å²) in [6.45, 7) is 2.45. The molecule has 0 N–H and O–H groups in total. The van der Waals surface area contributed by atoms with Crippen LogP contribution in [0.4, 0.5) is 0 Å². The van der Waals surface area contributed by atoms with E-state index >= 15 is 0 Å². The number of rotatable bonds is 4. The number of nitrogens with zero attached hydrogens (tertiary/aromatic N) is 2. The number of thiazole rings is 1. The third-order valence-electron chi connectivity index (χ3n) is 2.82. The zero-order valence-corrected chi connectivity index (χ0v) is 11.9. The number of benzene rings is 1. The van der Waals surface area contributed by atoms with Crippen LogP contribution in [0.3, 0.4) is 0 Å². The van der Waals surface area contributed by atoms with Gasteiger partial charge in [0.15, 0.2) is 0 Å². The molecule has 2 aromatic heterocycles. The molecule has 1 aromatic carbocycles. The molecule has 3 rings (SSSR count). The van der Waals surface area contributed by atoms with E-state index in [4.69, 9.17) is 4.74 Å². The summed E-state index contributed by atoms with van der Waals surface area (Å²) < 4.78 is 5.63. The van der Waals surface area contributed by atoms with Crippen LogP contribution in [0.25, 0.3) is 10.6 Å². The van der Waals surface area contributed by atoms with Crippen LogP contribution in [-0.2, 0) is 6.61 Å². The first kappa shape index (κ1) is 12.8. The number of ether oxygens (including phenoxy) is 1. The van der Waals surface area contributed by atoms with Gasteiger partial charge in [-0.15, -0.1) is 11.3 Å². The topological polar surface area (TPSA) is 35.0 Å². The lowest BCUT2D eigenvalue weighted by atomic mass is 10.2. The lowest BCUT2D eigenvalue weighted by molar-refractivity contribution is 0.290. The zero-order valence-electron chi connectivity index (χ0n) is 11.1.